The van der Waals surface area contributed by atoms with Crippen LogP contribution in [-0.2, 0) is 11.2 Å². The minimum Gasteiger partial charge on any atom is -0.375 e. The molecule has 1 aromatic heterocycles. The van der Waals surface area contributed by atoms with E-state index < -0.39 is 0 Å². The molecule has 1 aliphatic rings. The van der Waals surface area contributed by atoms with E-state index in [1.54, 1.807) is 0 Å². The molecule has 4 nitrogen and oxygen atoms in total. The molecule has 0 aliphatic carbocycles. The highest BCUT2D eigenvalue weighted by atomic mass is 32.1. The van der Waals surface area contributed by atoms with Crippen LogP contribution in [0.25, 0.3) is 0 Å². The van der Waals surface area contributed by atoms with Crippen molar-refractivity contribution in [1.82, 2.24) is 4.98 Å². The number of aryl methyl sites for hydroxylation is 1. The number of morpholine rings is 1. The van der Waals surface area contributed by atoms with Crippen LogP contribution in [0, 0.1) is 0 Å². The number of hydrogen-bond acceptors (Lipinski definition) is 5. The highest BCUT2D eigenvalue weighted by molar-refractivity contribution is 7.17. The third kappa shape index (κ3) is 2.90. The summed E-state index contributed by atoms with van der Waals surface area (Å²) in [6, 6.07) is 0. The van der Waals surface area contributed by atoms with Crippen LogP contribution < -0.4 is 4.90 Å². The van der Waals surface area contributed by atoms with Gasteiger partial charge in [-0.25, -0.2) is 4.98 Å². The Labute approximate surface area is 112 Å². The predicted octanol–water partition coefficient (Wildman–Crippen LogP) is 2.52. The largest absolute Gasteiger partial charge is 0.375 e. The highest BCUT2D eigenvalue weighted by Gasteiger charge is 2.22. The number of nitrogens with zero attached hydrogens (tertiary/aromatic N) is 2. The van der Waals surface area contributed by atoms with Gasteiger partial charge in [-0.2, -0.15) is 0 Å². The molecule has 1 aromatic rings. The van der Waals surface area contributed by atoms with E-state index in [1.807, 2.05) is 0 Å². The van der Waals surface area contributed by atoms with Gasteiger partial charge in [-0.05, 0) is 12.8 Å². The fraction of sp³-hybridized carbons (Fsp3) is 0.692. The first kappa shape index (κ1) is 13.5. The van der Waals surface area contributed by atoms with Gasteiger partial charge in [0, 0.05) is 13.1 Å². The van der Waals surface area contributed by atoms with E-state index in [2.05, 4.69) is 23.7 Å². The topological polar surface area (TPSA) is 42.4 Å². The molecule has 5 heteroatoms. The number of carbonyl (C=O) groups is 1. The number of carbonyl (C=O) groups excluding carboxylic acids is 1. The number of aromatic nitrogens is 1. The maximum atomic E-state index is 11.0. The van der Waals surface area contributed by atoms with E-state index in [-0.39, 0.29) is 6.10 Å². The summed E-state index contributed by atoms with van der Waals surface area (Å²) in [5.41, 5.74) is 0.951. The van der Waals surface area contributed by atoms with E-state index in [1.165, 1.54) is 11.3 Å². The molecule has 1 unspecified atom stereocenters. The average molecular weight is 268 g/mol. The molecule has 1 saturated heterocycles. The van der Waals surface area contributed by atoms with Gasteiger partial charge in [-0.1, -0.05) is 31.6 Å². The molecular weight excluding hydrogens is 248 g/mol. The standard InChI is InChI=1S/C13H20N2O2S/c1-3-5-11-12(9-16)18-13(14-11)15-6-7-17-10(4-2)8-15/h9-10H,3-8H2,1-2H3. The lowest BCUT2D eigenvalue weighted by atomic mass is 10.2. The molecule has 100 valence electrons. The summed E-state index contributed by atoms with van der Waals surface area (Å²) in [5, 5.41) is 0.974. The third-order valence-corrected chi connectivity index (χ3v) is 4.26. The van der Waals surface area contributed by atoms with Crippen molar-refractivity contribution < 1.29 is 9.53 Å². The van der Waals surface area contributed by atoms with Crippen LogP contribution in [-0.4, -0.2) is 37.1 Å². The Morgan fingerprint density at radius 3 is 3.06 bits per heavy atom. The van der Waals surface area contributed by atoms with Crippen molar-refractivity contribution in [2.75, 3.05) is 24.6 Å². The number of ether oxygens (including phenoxy) is 1. The molecule has 1 aliphatic heterocycles. The maximum absolute atomic E-state index is 11.0. The normalized spacial score (nSPS) is 20.1. The van der Waals surface area contributed by atoms with Gasteiger partial charge in [0.05, 0.1) is 23.3 Å². The summed E-state index contributed by atoms with van der Waals surface area (Å²) >= 11 is 1.51. The van der Waals surface area contributed by atoms with Crippen molar-refractivity contribution in [3.8, 4) is 0 Å². The molecule has 0 spiro atoms. The van der Waals surface area contributed by atoms with Gasteiger partial charge in [-0.15, -0.1) is 0 Å². The SMILES string of the molecule is CCCc1nc(N2CCOC(CC)C2)sc1C=O. The van der Waals surface area contributed by atoms with E-state index >= 15 is 0 Å². The average Bonchev–Trinajstić information content (AvgIpc) is 2.82. The van der Waals surface area contributed by atoms with Crippen molar-refractivity contribution in [1.29, 1.82) is 0 Å². The van der Waals surface area contributed by atoms with Crippen LogP contribution in [0.2, 0.25) is 0 Å². The van der Waals surface area contributed by atoms with Crippen molar-refractivity contribution in [3.05, 3.63) is 10.6 Å². The van der Waals surface area contributed by atoms with Gasteiger partial charge >= 0.3 is 0 Å². The predicted molar refractivity (Wildman–Crippen MR) is 73.7 cm³/mol. The first-order valence-electron chi connectivity index (χ1n) is 6.59. The molecular formula is C13H20N2O2S. The molecule has 0 radical (unpaired) electrons. The summed E-state index contributed by atoms with van der Waals surface area (Å²) in [5.74, 6) is 0. The second kappa shape index (κ2) is 6.29. The van der Waals surface area contributed by atoms with E-state index in [4.69, 9.17) is 4.74 Å². The summed E-state index contributed by atoms with van der Waals surface area (Å²) in [4.78, 5) is 18.7. The molecule has 0 amide bonds. The molecule has 0 N–H and O–H groups in total. The van der Waals surface area contributed by atoms with Crippen molar-refractivity contribution in [2.24, 2.45) is 0 Å². The van der Waals surface area contributed by atoms with Crippen LogP contribution in [0.4, 0.5) is 5.13 Å². The zero-order valence-corrected chi connectivity index (χ0v) is 11.8. The van der Waals surface area contributed by atoms with Gasteiger partial charge in [0.2, 0.25) is 0 Å². The lowest BCUT2D eigenvalue weighted by Crippen LogP contribution is -2.42. The molecule has 2 rings (SSSR count). The zero-order valence-electron chi connectivity index (χ0n) is 11.0. The van der Waals surface area contributed by atoms with Gasteiger partial charge in [0.1, 0.15) is 0 Å². The van der Waals surface area contributed by atoms with Crippen LogP contribution in [0.1, 0.15) is 42.1 Å². The Morgan fingerprint density at radius 2 is 2.39 bits per heavy atom. The molecule has 2 heterocycles. The molecule has 1 atom stereocenters. The van der Waals surface area contributed by atoms with Gasteiger partial charge in [-0.3, -0.25) is 4.79 Å². The van der Waals surface area contributed by atoms with Gasteiger partial charge in [0.15, 0.2) is 11.4 Å². The fourth-order valence-electron chi connectivity index (χ4n) is 2.13. The number of aldehydes is 1. The summed E-state index contributed by atoms with van der Waals surface area (Å²) in [6.45, 7) is 6.74. The fourth-order valence-corrected chi connectivity index (χ4v) is 3.10. The lowest BCUT2D eigenvalue weighted by Gasteiger charge is -2.32. The summed E-state index contributed by atoms with van der Waals surface area (Å²) < 4.78 is 5.66. The first-order valence-corrected chi connectivity index (χ1v) is 7.41. The van der Waals surface area contributed by atoms with Crippen molar-refractivity contribution in [2.45, 2.75) is 39.2 Å². The van der Waals surface area contributed by atoms with Gasteiger partial charge in [0.25, 0.3) is 0 Å². The van der Waals surface area contributed by atoms with Crippen molar-refractivity contribution in [3.63, 3.8) is 0 Å². The Kier molecular flexibility index (Phi) is 4.72. The third-order valence-electron chi connectivity index (χ3n) is 3.17. The number of anilines is 1. The highest BCUT2D eigenvalue weighted by Crippen LogP contribution is 2.27. The smallest absolute Gasteiger partial charge is 0.186 e. The molecule has 1 fully saturated rings. The Hall–Kier alpha value is -0.940. The number of thiazole rings is 1. The summed E-state index contributed by atoms with van der Waals surface area (Å²) in [7, 11) is 0. The van der Waals surface area contributed by atoms with Gasteiger partial charge < -0.3 is 9.64 Å². The maximum Gasteiger partial charge on any atom is 0.186 e. The quantitative estimate of drug-likeness (QED) is 0.770. The summed E-state index contributed by atoms with van der Waals surface area (Å²) in [6.07, 6.45) is 4.14. The minimum absolute atomic E-state index is 0.289. The second-order valence-corrected chi connectivity index (χ2v) is 5.53. The Morgan fingerprint density at radius 1 is 1.56 bits per heavy atom. The molecule has 18 heavy (non-hydrogen) atoms. The van der Waals surface area contributed by atoms with E-state index in [0.29, 0.717) is 0 Å². The Bertz CT molecular complexity index is 406. The van der Waals surface area contributed by atoms with Crippen LogP contribution in [0.15, 0.2) is 0 Å². The van der Waals surface area contributed by atoms with Crippen molar-refractivity contribution >= 4 is 22.8 Å². The van der Waals surface area contributed by atoms with Crippen LogP contribution in [0.5, 0.6) is 0 Å². The Balaban J connectivity index is 2.14. The zero-order chi connectivity index (χ0) is 13.0. The minimum atomic E-state index is 0.289. The molecule has 0 saturated carbocycles. The van der Waals surface area contributed by atoms with Crippen LogP contribution in [0.3, 0.4) is 0 Å². The lowest BCUT2D eigenvalue weighted by molar-refractivity contribution is 0.0384. The van der Waals surface area contributed by atoms with Crippen LogP contribution >= 0.6 is 11.3 Å². The number of hydrogen-bond donors (Lipinski definition) is 0. The van der Waals surface area contributed by atoms with E-state index in [0.717, 1.165) is 60.9 Å². The monoisotopic (exact) mass is 268 g/mol. The first-order chi connectivity index (χ1) is 8.78. The molecule has 0 aromatic carbocycles. The van der Waals surface area contributed by atoms with E-state index in [9.17, 15) is 4.79 Å². The number of rotatable bonds is 5. The second-order valence-electron chi connectivity index (χ2n) is 4.52. The molecule has 0 bridgehead atoms.